The Kier molecular flexibility index (Phi) is 16.4. The highest BCUT2D eigenvalue weighted by molar-refractivity contribution is 7.81. The molecule has 0 unspecified atom stereocenters. The largest absolute Gasteiger partial charge is 0.0795 e. The summed E-state index contributed by atoms with van der Waals surface area (Å²) < 4.78 is 0. The third kappa shape index (κ3) is 12.5. The number of hydrogen-bond acceptors (Lipinski definition) is 1. The van der Waals surface area contributed by atoms with Crippen molar-refractivity contribution in [1.82, 2.24) is 0 Å². The highest BCUT2D eigenvalue weighted by Gasteiger charge is 2.03. The molecular weight excluding hydrogens is 452 g/mol. The van der Waals surface area contributed by atoms with Crippen LogP contribution in [0.15, 0.2) is 48.5 Å². The molecule has 0 amide bonds. The van der Waals surface area contributed by atoms with Gasteiger partial charge in [-0.3, -0.25) is 0 Å². The number of benzene rings is 2. The zero-order chi connectivity index (χ0) is 25.8. The summed E-state index contributed by atoms with van der Waals surface area (Å²) in [6, 6.07) is 15.9. The van der Waals surface area contributed by atoms with Crippen LogP contribution in [0, 0.1) is 0 Å². The molecule has 198 valence electrons. The molecule has 36 heavy (non-hydrogen) atoms. The number of unbranched alkanes of at least 4 members (excludes halogenated alkanes) is 11. The zero-order valence-electron chi connectivity index (χ0n) is 23.6. The van der Waals surface area contributed by atoms with Gasteiger partial charge in [-0.2, -0.15) is 0 Å². The predicted octanol–water partition coefficient (Wildman–Crippen LogP) is 11.3. The standard InChI is InChI=1S/C35H52S/c1-4-7-8-9-10-11-12-13-14-15-16-17-20-30-21-25-33(26-22-30)35(36)28-27-32-24-23-31(18-5-2)29-34(32)19-6-3/h21-29H,4-20H2,1-3H3. The van der Waals surface area contributed by atoms with Crippen LogP contribution in [0.2, 0.25) is 0 Å². The van der Waals surface area contributed by atoms with Crippen molar-refractivity contribution in [2.45, 2.75) is 130 Å². The Morgan fingerprint density at radius 1 is 0.583 bits per heavy atom. The van der Waals surface area contributed by atoms with Crippen molar-refractivity contribution in [2.75, 3.05) is 0 Å². The number of hydrogen-bond donors (Lipinski definition) is 0. The lowest BCUT2D eigenvalue weighted by Gasteiger charge is -2.09. The maximum Gasteiger partial charge on any atom is 0.0449 e. The van der Waals surface area contributed by atoms with E-state index < -0.39 is 0 Å². The summed E-state index contributed by atoms with van der Waals surface area (Å²) in [5.41, 5.74) is 6.79. The summed E-state index contributed by atoms with van der Waals surface area (Å²) >= 11 is 5.74. The molecule has 0 aliphatic heterocycles. The van der Waals surface area contributed by atoms with E-state index in [-0.39, 0.29) is 0 Å². The van der Waals surface area contributed by atoms with Gasteiger partial charge in [-0.25, -0.2) is 0 Å². The van der Waals surface area contributed by atoms with Crippen LogP contribution < -0.4 is 0 Å². The van der Waals surface area contributed by atoms with Crippen LogP contribution in [0.25, 0.3) is 6.08 Å². The minimum atomic E-state index is 0.923. The Balaban J connectivity index is 1.69. The Morgan fingerprint density at radius 2 is 1.14 bits per heavy atom. The molecule has 1 heteroatoms. The summed E-state index contributed by atoms with van der Waals surface area (Å²) in [6.45, 7) is 6.79. The number of allylic oxidation sites excluding steroid dienone is 1. The zero-order valence-corrected chi connectivity index (χ0v) is 24.4. The third-order valence-electron chi connectivity index (χ3n) is 7.24. The molecule has 0 heterocycles. The summed E-state index contributed by atoms with van der Waals surface area (Å²) in [4.78, 5) is 0.923. The van der Waals surface area contributed by atoms with Gasteiger partial charge in [0.2, 0.25) is 0 Å². The van der Waals surface area contributed by atoms with Gasteiger partial charge in [0.1, 0.15) is 0 Å². The molecule has 0 aliphatic rings. The summed E-state index contributed by atoms with van der Waals surface area (Å²) in [5, 5.41) is 0. The number of thiocarbonyl (C=S) groups is 1. The summed E-state index contributed by atoms with van der Waals surface area (Å²) in [6.07, 6.45) is 27.0. The summed E-state index contributed by atoms with van der Waals surface area (Å²) in [5.74, 6) is 0. The van der Waals surface area contributed by atoms with Gasteiger partial charge in [-0.15, -0.1) is 0 Å². The van der Waals surface area contributed by atoms with Crippen LogP contribution in [0.5, 0.6) is 0 Å². The van der Waals surface area contributed by atoms with E-state index >= 15 is 0 Å². The van der Waals surface area contributed by atoms with Crippen LogP contribution >= 0.6 is 12.2 Å². The van der Waals surface area contributed by atoms with E-state index in [1.165, 1.54) is 119 Å². The first kappa shape index (κ1) is 30.5. The lowest BCUT2D eigenvalue weighted by atomic mass is 9.97. The molecule has 2 aromatic rings. The van der Waals surface area contributed by atoms with Gasteiger partial charge in [-0.05, 0) is 59.6 Å². The minimum Gasteiger partial charge on any atom is -0.0795 e. The fourth-order valence-electron chi connectivity index (χ4n) is 5.02. The van der Waals surface area contributed by atoms with Crippen molar-refractivity contribution >= 4 is 23.2 Å². The molecule has 0 bridgehead atoms. The molecule has 0 spiro atoms. The monoisotopic (exact) mass is 504 g/mol. The first-order valence-electron chi connectivity index (χ1n) is 15.1. The lowest BCUT2D eigenvalue weighted by molar-refractivity contribution is 0.544. The quantitative estimate of drug-likeness (QED) is 0.0747. The second kappa shape index (κ2) is 19.4. The van der Waals surface area contributed by atoms with Crippen molar-refractivity contribution < 1.29 is 0 Å². The van der Waals surface area contributed by atoms with Crippen LogP contribution in [-0.2, 0) is 19.3 Å². The maximum atomic E-state index is 5.74. The van der Waals surface area contributed by atoms with Gasteiger partial charge >= 0.3 is 0 Å². The Bertz CT molecular complexity index is 874. The van der Waals surface area contributed by atoms with Gasteiger partial charge in [0.25, 0.3) is 0 Å². The Hall–Kier alpha value is -1.73. The van der Waals surface area contributed by atoms with E-state index in [0.29, 0.717) is 0 Å². The van der Waals surface area contributed by atoms with Gasteiger partial charge in [0.15, 0.2) is 0 Å². The Morgan fingerprint density at radius 3 is 1.72 bits per heavy atom. The second-order valence-electron chi connectivity index (χ2n) is 10.6. The van der Waals surface area contributed by atoms with E-state index in [1.807, 2.05) is 0 Å². The number of aryl methyl sites for hydroxylation is 3. The van der Waals surface area contributed by atoms with E-state index in [0.717, 1.165) is 23.3 Å². The topological polar surface area (TPSA) is 0 Å². The molecule has 2 rings (SSSR count). The molecule has 0 N–H and O–H groups in total. The first-order chi connectivity index (χ1) is 17.7. The van der Waals surface area contributed by atoms with Crippen molar-refractivity contribution in [3.05, 3.63) is 76.4 Å². The smallest absolute Gasteiger partial charge is 0.0449 e. The van der Waals surface area contributed by atoms with Crippen molar-refractivity contribution in [2.24, 2.45) is 0 Å². The third-order valence-corrected chi connectivity index (χ3v) is 7.61. The lowest BCUT2D eigenvalue weighted by Crippen LogP contribution is -1.96. The van der Waals surface area contributed by atoms with E-state index in [9.17, 15) is 0 Å². The molecule has 0 aliphatic carbocycles. The van der Waals surface area contributed by atoms with Gasteiger partial charge in [0, 0.05) is 4.86 Å². The van der Waals surface area contributed by atoms with Crippen molar-refractivity contribution in [3.8, 4) is 0 Å². The normalized spacial score (nSPS) is 11.4. The maximum absolute atomic E-state index is 5.74. The molecular formula is C35H52S. The molecule has 0 saturated heterocycles. The Labute approximate surface area is 229 Å². The van der Waals surface area contributed by atoms with Gasteiger partial charge in [-0.1, -0.05) is 165 Å². The van der Waals surface area contributed by atoms with E-state index in [4.69, 9.17) is 12.2 Å². The van der Waals surface area contributed by atoms with Crippen LogP contribution in [0.3, 0.4) is 0 Å². The van der Waals surface area contributed by atoms with Gasteiger partial charge < -0.3 is 0 Å². The fraction of sp³-hybridized carbons (Fsp3) is 0.571. The molecule has 2 aromatic carbocycles. The highest BCUT2D eigenvalue weighted by Crippen LogP contribution is 2.19. The highest BCUT2D eigenvalue weighted by atomic mass is 32.1. The van der Waals surface area contributed by atoms with Crippen molar-refractivity contribution in [1.29, 1.82) is 0 Å². The predicted molar refractivity (Wildman–Crippen MR) is 166 cm³/mol. The second-order valence-corrected chi connectivity index (χ2v) is 11.0. The van der Waals surface area contributed by atoms with Gasteiger partial charge in [0.05, 0.1) is 0 Å². The molecule has 0 saturated carbocycles. The number of rotatable bonds is 20. The van der Waals surface area contributed by atoms with Crippen LogP contribution in [-0.4, -0.2) is 4.86 Å². The van der Waals surface area contributed by atoms with E-state index in [1.54, 1.807) is 0 Å². The average Bonchev–Trinajstić information content (AvgIpc) is 2.89. The fourth-order valence-corrected chi connectivity index (χ4v) is 5.22. The first-order valence-corrected chi connectivity index (χ1v) is 15.5. The molecule has 0 fully saturated rings. The van der Waals surface area contributed by atoms with Crippen LogP contribution in [0.4, 0.5) is 0 Å². The van der Waals surface area contributed by atoms with E-state index in [2.05, 4.69) is 75.4 Å². The molecule has 0 atom stereocenters. The SMILES string of the molecule is CCCCCCCCCCCCCCc1ccc(C(=S)C=Cc2ccc(CCC)cc2CCC)cc1. The van der Waals surface area contributed by atoms with Crippen molar-refractivity contribution in [3.63, 3.8) is 0 Å². The summed E-state index contributed by atoms with van der Waals surface area (Å²) in [7, 11) is 0. The molecule has 0 aromatic heterocycles. The molecule has 0 radical (unpaired) electrons. The van der Waals surface area contributed by atoms with Crippen LogP contribution in [0.1, 0.15) is 138 Å². The molecule has 0 nitrogen and oxygen atoms in total. The minimum absolute atomic E-state index is 0.923. The average molecular weight is 505 g/mol.